The summed E-state index contributed by atoms with van der Waals surface area (Å²) in [5, 5.41) is 4.39. The first-order valence-corrected chi connectivity index (χ1v) is 8.40. The van der Waals surface area contributed by atoms with E-state index >= 15 is 0 Å². The maximum Gasteiger partial charge on any atom is 0.266 e. The van der Waals surface area contributed by atoms with Crippen molar-refractivity contribution in [3.05, 3.63) is 45.7 Å². The summed E-state index contributed by atoms with van der Waals surface area (Å²) >= 11 is 1.52. The van der Waals surface area contributed by atoms with Crippen LogP contribution in [0.25, 0.3) is 0 Å². The average molecular weight is 316 g/mol. The number of thiazole rings is 1. The smallest absolute Gasteiger partial charge is 0.266 e. The lowest BCUT2D eigenvalue weighted by atomic mass is 10.0. The zero-order valence-corrected chi connectivity index (χ0v) is 13.7. The molecule has 0 bridgehead atoms. The Hall–Kier alpha value is -1.79. The van der Waals surface area contributed by atoms with Gasteiger partial charge in [0.15, 0.2) is 0 Å². The maximum atomic E-state index is 13.0. The van der Waals surface area contributed by atoms with E-state index in [1.54, 1.807) is 6.20 Å². The van der Waals surface area contributed by atoms with Crippen LogP contribution in [0, 0.1) is 6.92 Å². The Labute approximate surface area is 134 Å². The quantitative estimate of drug-likeness (QED) is 0.943. The van der Waals surface area contributed by atoms with Crippen molar-refractivity contribution in [2.75, 3.05) is 19.6 Å². The van der Waals surface area contributed by atoms with Crippen molar-refractivity contribution in [1.82, 2.24) is 20.2 Å². The first kappa shape index (κ1) is 15.1. The van der Waals surface area contributed by atoms with Gasteiger partial charge in [-0.1, -0.05) is 13.0 Å². The molecule has 22 heavy (non-hydrogen) atoms. The van der Waals surface area contributed by atoms with E-state index in [1.807, 2.05) is 30.2 Å². The minimum Gasteiger partial charge on any atom is -0.328 e. The van der Waals surface area contributed by atoms with Gasteiger partial charge in [0.25, 0.3) is 5.91 Å². The van der Waals surface area contributed by atoms with Gasteiger partial charge in [-0.05, 0) is 25.0 Å². The van der Waals surface area contributed by atoms with Gasteiger partial charge in [-0.2, -0.15) is 0 Å². The van der Waals surface area contributed by atoms with Gasteiger partial charge in [-0.25, -0.2) is 4.98 Å². The Bertz CT molecular complexity index is 655. The Kier molecular flexibility index (Phi) is 4.49. The summed E-state index contributed by atoms with van der Waals surface area (Å²) in [7, 11) is 0. The van der Waals surface area contributed by atoms with Crippen molar-refractivity contribution in [3.63, 3.8) is 0 Å². The minimum atomic E-state index is 0.0292. The lowest BCUT2D eigenvalue weighted by Crippen LogP contribution is -2.48. The number of piperazine rings is 1. The number of carbonyl (C=O) groups excluding carboxylic acids is 1. The Morgan fingerprint density at radius 1 is 1.55 bits per heavy atom. The van der Waals surface area contributed by atoms with E-state index in [9.17, 15) is 4.79 Å². The van der Waals surface area contributed by atoms with Gasteiger partial charge in [0, 0.05) is 32.0 Å². The first-order valence-electron chi connectivity index (χ1n) is 7.58. The fourth-order valence-corrected chi connectivity index (χ4v) is 3.71. The Balaban J connectivity index is 1.90. The second-order valence-corrected chi connectivity index (χ2v) is 6.46. The fraction of sp³-hybridized carbons (Fsp3) is 0.438. The largest absolute Gasteiger partial charge is 0.328 e. The molecule has 116 valence electrons. The Morgan fingerprint density at radius 3 is 3.09 bits per heavy atom. The van der Waals surface area contributed by atoms with Gasteiger partial charge in [-0.3, -0.25) is 9.78 Å². The third-order valence-corrected chi connectivity index (χ3v) is 5.20. The second-order valence-electron chi connectivity index (χ2n) is 5.38. The molecular formula is C16H20N4OS. The summed E-state index contributed by atoms with van der Waals surface area (Å²) in [5.41, 5.74) is 1.91. The van der Waals surface area contributed by atoms with Crippen molar-refractivity contribution < 1.29 is 4.79 Å². The number of carbonyl (C=O) groups is 1. The SMILES string of the molecule is CCc1nc(C)c(C(=O)N2CCNCC2c2cccnc2)s1. The molecule has 2 aromatic heterocycles. The van der Waals surface area contributed by atoms with Gasteiger partial charge in [0.05, 0.1) is 16.7 Å². The van der Waals surface area contributed by atoms with E-state index in [2.05, 4.69) is 22.2 Å². The van der Waals surface area contributed by atoms with Crippen molar-refractivity contribution in [1.29, 1.82) is 0 Å². The lowest BCUT2D eigenvalue weighted by Gasteiger charge is -2.36. The normalized spacial score (nSPS) is 18.5. The third-order valence-electron chi connectivity index (χ3n) is 3.91. The molecule has 1 aliphatic rings. The van der Waals surface area contributed by atoms with Gasteiger partial charge in [0.2, 0.25) is 0 Å². The molecule has 3 rings (SSSR count). The molecule has 1 atom stereocenters. The van der Waals surface area contributed by atoms with E-state index in [0.29, 0.717) is 6.54 Å². The molecule has 6 heteroatoms. The van der Waals surface area contributed by atoms with E-state index in [0.717, 1.165) is 40.7 Å². The molecule has 0 saturated carbocycles. The van der Waals surface area contributed by atoms with Crippen molar-refractivity contribution in [3.8, 4) is 0 Å². The summed E-state index contributed by atoms with van der Waals surface area (Å²) in [6.45, 7) is 6.27. The molecule has 1 amide bonds. The molecule has 1 unspecified atom stereocenters. The summed E-state index contributed by atoms with van der Waals surface area (Å²) in [6, 6.07) is 3.98. The van der Waals surface area contributed by atoms with Crippen LogP contribution < -0.4 is 5.32 Å². The van der Waals surface area contributed by atoms with Crippen LogP contribution in [-0.4, -0.2) is 40.4 Å². The van der Waals surface area contributed by atoms with Gasteiger partial charge in [-0.15, -0.1) is 11.3 Å². The summed E-state index contributed by atoms with van der Waals surface area (Å²) in [4.78, 5) is 24.4. The minimum absolute atomic E-state index is 0.0292. The van der Waals surface area contributed by atoms with Crippen molar-refractivity contribution in [2.45, 2.75) is 26.3 Å². The molecule has 1 N–H and O–H groups in total. The third kappa shape index (κ3) is 2.89. The standard InChI is InChI=1S/C16H20N4OS/c1-3-14-19-11(2)15(22-14)16(21)20-8-7-18-10-13(20)12-5-4-6-17-9-12/h4-6,9,13,18H,3,7-8,10H2,1-2H3. The van der Waals surface area contributed by atoms with Crippen molar-refractivity contribution >= 4 is 17.2 Å². The highest BCUT2D eigenvalue weighted by Crippen LogP contribution is 2.27. The number of hydrogen-bond acceptors (Lipinski definition) is 5. The zero-order chi connectivity index (χ0) is 15.5. The maximum absolute atomic E-state index is 13.0. The second kappa shape index (κ2) is 6.54. The number of aromatic nitrogens is 2. The van der Waals surface area contributed by atoms with Crippen LogP contribution in [0.5, 0.6) is 0 Å². The molecule has 5 nitrogen and oxygen atoms in total. The predicted octanol–water partition coefficient (Wildman–Crippen LogP) is 2.20. The Morgan fingerprint density at radius 2 is 2.41 bits per heavy atom. The van der Waals surface area contributed by atoms with Crippen LogP contribution in [-0.2, 0) is 6.42 Å². The van der Waals surface area contributed by atoms with Gasteiger partial charge < -0.3 is 10.2 Å². The molecule has 0 aromatic carbocycles. The van der Waals surface area contributed by atoms with E-state index in [-0.39, 0.29) is 11.9 Å². The van der Waals surface area contributed by atoms with Crippen LogP contribution >= 0.6 is 11.3 Å². The fourth-order valence-electron chi connectivity index (χ4n) is 2.75. The lowest BCUT2D eigenvalue weighted by molar-refractivity contribution is 0.0638. The molecule has 1 fully saturated rings. The number of hydrogen-bond donors (Lipinski definition) is 1. The first-order chi connectivity index (χ1) is 10.7. The van der Waals surface area contributed by atoms with E-state index in [1.165, 1.54) is 11.3 Å². The molecule has 0 spiro atoms. The zero-order valence-electron chi connectivity index (χ0n) is 12.9. The monoisotopic (exact) mass is 316 g/mol. The number of rotatable bonds is 3. The van der Waals surface area contributed by atoms with Crippen LogP contribution in [0.2, 0.25) is 0 Å². The predicted molar refractivity (Wildman–Crippen MR) is 87.1 cm³/mol. The highest BCUT2D eigenvalue weighted by molar-refractivity contribution is 7.13. The average Bonchev–Trinajstić information content (AvgIpc) is 2.96. The topological polar surface area (TPSA) is 58.1 Å². The molecule has 0 radical (unpaired) electrons. The summed E-state index contributed by atoms with van der Waals surface area (Å²) in [6.07, 6.45) is 4.47. The number of amides is 1. The number of nitrogens with zero attached hydrogens (tertiary/aromatic N) is 3. The molecule has 0 aliphatic carbocycles. The number of aryl methyl sites for hydroxylation is 2. The highest BCUT2D eigenvalue weighted by atomic mass is 32.1. The highest BCUT2D eigenvalue weighted by Gasteiger charge is 2.30. The summed E-state index contributed by atoms with van der Waals surface area (Å²) in [5.74, 6) is 0.0880. The van der Waals surface area contributed by atoms with Gasteiger partial charge in [0.1, 0.15) is 4.88 Å². The molecule has 2 aromatic rings. The molecule has 1 aliphatic heterocycles. The van der Waals surface area contributed by atoms with Crippen LogP contribution in [0.15, 0.2) is 24.5 Å². The van der Waals surface area contributed by atoms with Gasteiger partial charge >= 0.3 is 0 Å². The molecular weight excluding hydrogens is 296 g/mol. The number of pyridine rings is 1. The van der Waals surface area contributed by atoms with E-state index < -0.39 is 0 Å². The van der Waals surface area contributed by atoms with E-state index in [4.69, 9.17) is 0 Å². The number of nitrogens with one attached hydrogen (secondary N) is 1. The van der Waals surface area contributed by atoms with Crippen LogP contribution in [0.3, 0.4) is 0 Å². The molecule has 3 heterocycles. The summed E-state index contributed by atoms with van der Waals surface area (Å²) < 4.78 is 0. The van der Waals surface area contributed by atoms with Crippen molar-refractivity contribution in [2.24, 2.45) is 0 Å². The molecule has 1 saturated heterocycles. The van der Waals surface area contributed by atoms with Crippen LogP contribution in [0.1, 0.15) is 38.9 Å². The van der Waals surface area contributed by atoms with Crippen LogP contribution in [0.4, 0.5) is 0 Å².